The van der Waals surface area contributed by atoms with Crippen LogP contribution in [0.3, 0.4) is 0 Å². The van der Waals surface area contributed by atoms with E-state index in [-0.39, 0.29) is 5.92 Å². The standard InChI is InChI=1S/C12H15F3O3S/c1-3-11(8(2)16)9-4-6-10(7-5-9)19(17,18)12(13,14)15/h4-8,11,16H,3H2,1-2H3. The smallest absolute Gasteiger partial charge is 0.393 e. The first-order valence-electron chi connectivity index (χ1n) is 5.70. The van der Waals surface area contributed by atoms with E-state index in [0.29, 0.717) is 12.0 Å². The Balaban J connectivity index is 3.14. The summed E-state index contributed by atoms with van der Waals surface area (Å²) in [5.74, 6) is -0.234. The minimum atomic E-state index is -5.31. The lowest BCUT2D eigenvalue weighted by Gasteiger charge is -2.18. The molecular weight excluding hydrogens is 281 g/mol. The minimum Gasteiger partial charge on any atom is -0.393 e. The van der Waals surface area contributed by atoms with Crippen LogP contribution >= 0.6 is 0 Å². The number of aliphatic hydroxyl groups excluding tert-OH is 1. The van der Waals surface area contributed by atoms with E-state index in [9.17, 15) is 26.7 Å². The van der Waals surface area contributed by atoms with Gasteiger partial charge in [0, 0.05) is 5.92 Å². The average Bonchev–Trinajstić information content (AvgIpc) is 2.28. The van der Waals surface area contributed by atoms with Gasteiger partial charge in [0.05, 0.1) is 11.0 Å². The van der Waals surface area contributed by atoms with Crippen molar-refractivity contribution >= 4 is 9.84 Å². The van der Waals surface area contributed by atoms with Crippen LogP contribution in [0.25, 0.3) is 0 Å². The summed E-state index contributed by atoms with van der Waals surface area (Å²) in [6, 6.07) is 4.45. The van der Waals surface area contributed by atoms with Gasteiger partial charge in [-0.25, -0.2) is 8.42 Å². The lowest BCUT2D eigenvalue weighted by Crippen LogP contribution is -2.23. The number of rotatable bonds is 4. The zero-order valence-electron chi connectivity index (χ0n) is 10.5. The van der Waals surface area contributed by atoms with Crippen molar-refractivity contribution in [1.29, 1.82) is 0 Å². The molecule has 0 aliphatic heterocycles. The molecule has 0 aromatic heterocycles. The number of alkyl halides is 3. The monoisotopic (exact) mass is 296 g/mol. The van der Waals surface area contributed by atoms with E-state index in [4.69, 9.17) is 0 Å². The van der Waals surface area contributed by atoms with E-state index in [1.165, 1.54) is 12.1 Å². The van der Waals surface area contributed by atoms with E-state index in [2.05, 4.69) is 0 Å². The maximum atomic E-state index is 12.3. The predicted octanol–water partition coefficient (Wildman–Crippen LogP) is 2.85. The Morgan fingerprint density at radius 1 is 1.21 bits per heavy atom. The molecule has 3 nitrogen and oxygen atoms in total. The molecule has 0 saturated carbocycles. The van der Waals surface area contributed by atoms with Gasteiger partial charge in [0.1, 0.15) is 0 Å². The Labute approximate surface area is 110 Å². The van der Waals surface area contributed by atoms with E-state index >= 15 is 0 Å². The third-order valence-electron chi connectivity index (χ3n) is 2.95. The highest BCUT2D eigenvalue weighted by molar-refractivity contribution is 7.92. The summed E-state index contributed by atoms with van der Waals surface area (Å²) in [6.07, 6.45) is -0.0571. The summed E-state index contributed by atoms with van der Waals surface area (Å²) >= 11 is 0. The summed E-state index contributed by atoms with van der Waals surface area (Å²) in [7, 11) is -5.31. The van der Waals surface area contributed by atoms with E-state index < -0.39 is 26.3 Å². The summed E-state index contributed by atoms with van der Waals surface area (Å²) in [5.41, 5.74) is -4.69. The molecule has 19 heavy (non-hydrogen) atoms. The SMILES string of the molecule is CCC(c1ccc(S(=O)(=O)C(F)(F)F)cc1)C(C)O. The second-order valence-corrected chi connectivity index (χ2v) is 6.21. The van der Waals surface area contributed by atoms with Gasteiger partial charge in [-0.3, -0.25) is 0 Å². The maximum absolute atomic E-state index is 12.3. The topological polar surface area (TPSA) is 54.4 Å². The van der Waals surface area contributed by atoms with Crippen LogP contribution in [-0.4, -0.2) is 25.1 Å². The van der Waals surface area contributed by atoms with Crippen LogP contribution in [0.5, 0.6) is 0 Å². The molecule has 1 aromatic rings. The molecule has 0 bridgehead atoms. The number of halogens is 3. The fraction of sp³-hybridized carbons (Fsp3) is 0.500. The summed E-state index contributed by atoms with van der Waals surface area (Å²) in [6.45, 7) is 3.41. The van der Waals surface area contributed by atoms with Crippen molar-refractivity contribution in [3.63, 3.8) is 0 Å². The van der Waals surface area contributed by atoms with Crippen LogP contribution in [0.2, 0.25) is 0 Å². The van der Waals surface area contributed by atoms with Crippen molar-refractivity contribution < 1.29 is 26.7 Å². The number of benzene rings is 1. The molecule has 0 spiro atoms. The Bertz CT molecular complexity index is 518. The molecule has 0 heterocycles. The molecule has 108 valence electrons. The van der Waals surface area contributed by atoms with Gasteiger partial charge in [0.25, 0.3) is 9.84 Å². The van der Waals surface area contributed by atoms with Crippen molar-refractivity contribution in [1.82, 2.24) is 0 Å². The third-order valence-corrected chi connectivity index (χ3v) is 4.45. The zero-order valence-corrected chi connectivity index (χ0v) is 11.3. The van der Waals surface area contributed by atoms with Gasteiger partial charge in [0.15, 0.2) is 0 Å². The molecular formula is C12H15F3O3S. The number of aliphatic hydroxyl groups is 1. The first kappa shape index (κ1) is 16.0. The van der Waals surface area contributed by atoms with Crippen molar-refractivity contribution in [2.45, 2.75) is 42.7 Å². The van der Waals surface area contributed by atoms with Crippen LogP contribution in [0.15, 0.2) is 29.2 Å². The maximum Gasteiger partial charge on any atom is 0.501 e. The molecule has 1 aromatic carbocycles. The molecule has 7 heteroatoms. The molecule has 0 fully saturated rings. The molecule has 0 saturated heterocycles. The van der Waals surface area contributed by atoms with Crippen LogP contribution in [0, 0.1) is 0 Å². The van der Waals surface area contributed by atoms with Crippen LogP contribution in [0.4, 0.5) is 13.2 Å². The quantitative estimate of drug-likeness (QED) is 0.929. The van der Waals surface area contributed by atoms with Crippen molar-refractivity contribution in [2.24, 2.45) is 0 Å². The van der Waals surface area contributed by atoms with Crippen molar-refractivity contribution in [2.75, 3.05) is 0 Å². The fourth-order valence-electron chi connectivity index (χ4n) is 1.88. The number of hydrogen-bond acceptors (Lipinski definition) is 3. The van der Waals surface area contributed by atoms with E-state index in [1.54, 1.807) is 6.92 Å². The predicted molar refractivity (Wildman–Crippen MR) is 64.4 cm³/mol. The third kappa shape index (κ3) is 3.27. The second-order valence-electron chi connectivity index (χ2n) is 4.27. The van der Waals surface area contributed by atoms with Crippen LogP contribution < -0.4 is 0 Å². The largest absolute Gasteiger partial charge is 0.501 e. The summed E-state index contributed by atoms with van der Waals surface area (Å²) < 4.78 is 59.4. The first-order valence-corrected chi connectivity index (χ1v) is 7.19. The molecule has 0 amide bonds. The molecule has 0 aliphatic rings. The van der Waals surface area contributed by atoms with Gasteiger partial charge < -0.3 is 5.11 Å². The van der Waals surface area contributed by atoms with Gasteiger partial charge in [-0.15, -0.1) is 0 Å². The lowest BCUT2D eigenvalue weighted by atomic mass is 9.92. The summed E-state index contributed by atoms with van der Waals surface area (Å²) in [5, 5.41) is 9.53. The van der Waals surface area contributed by atoms with Crippen LogP contribution in [0.1, 0.15) is 31.7 Å². The normalized spacial score (nSPS) is 16.1. The molecule has 0 radical (unpaired) electrons. The Hall–Kier alpha value is -1.08. The van der Waals surface area contributed by atoms with Crippen molar-refractivity contribution in [3.8, 4) is 0 Å². The van der Waals surface area contributed by atoms with Crippen molar-refractivity contribution in [3.05, 3.63) is 29.8 Å². The van der Waals surface area contributed by atoms with E-state index in [0.717, 1.165) is 12.1 Å². The summed E-state index contributed by atoms with van der Waals surface area (Å²) in [4.78, 5) is -0.788. The van der Waals surface area contributed by atoms with E-state index in [1.807, 2.05) is 6.92 Å². The molecule has 0 aliphatic carbocycles. The highest BCUT2D eigenvalue weighted by Crippen LogP contribution is 2.31. The van der Waals surface area contributed by atoms with Gasteiger partial charge in [-0.1, -0.05) is 19.1 Å². The highest BCUT2D eigenvalue weighted by Gasteiger charge is 2.46. The van der Waals surface area contributed by atoms with Crippen LogP contribution in [-0.2, 0) is 9.84 Å². The Kier molecular flexibility index (Phi) is 4.63. The van der Waals surface area contributed by atoms with Gasteiger partial charge >= 0.3 is 5.51 Å². The Morgan fingerprint density at radius 2 is 1.68 bits per heavy atom. The van der Waals surface area contributed by atoms with Gasteiger partial charge in [-0.2, -0.15) is 13.2 Å². The van der Waals surface area contributed by atoms with Gasteiger partial charge in [0.2, 0.25) is 0 Å². The zero-order chi connectivity index (χ0) is 14.8. The first-order chi connectivity index (χ1) is 8.61. The number of sulfone groups is 1. The lowest BCUT2D eigenvalue weighted by molar-refractivity contribution is -0.0436. The fourth-order valence-corrected chi connectivity index (χ4v) is 2.64. The molecule has 2 unspecified atom stereocenters. The molecule has 1 rings (SSSR count). The number of hydrogen-bond donors (Lipinski definition) is 1. The average molecular weight is 296 g/mol. The second kappa shape index (κ2) is 5.50. The molecule has 2 atom stereocenters. The highest BCUT2D eigenvalue weighted by atomic mass is 32.2. The van der Waals surface area contributed by atoms with Gasteiger partial charge in [-0.05, 0) is 31.0 Å². The Morgan fingerprint density at radius 3 is 2.00 bits per heavy atom. The minimum absolute atomic E-state index is 0.234. The molecule has 1 N–H and O–H groups in total.